The lowest BCUT2D eigenvalue weighted by Gasteiger charge is -2.48. The van der Waals surface area contributed by atoms with Gasteiger partial charge in [0.15, 0.2) is 0 Å². The van der Waals surface area contributed by atoms with E-state index in [0.29, 0.717) is 24.6 Å². The van der Waals surface area contributed by atoms with Gasteiger partial charge in [0.2, 0.25) is 5.91 Å². The van der Waals surface area contributed by atoms with E-state index in [4.69, 9.17) is 0 Å². The standard InChI is InChI=1S/C20H29N3O3/c1-15(2)7-11-22-13-20(9-6-18(22)25)8-3-10-23(14-20)19(26)17-5-4-16(24)12-21-17/h4-5,12,15,24H,3,6-11,13-14H2,1-2H3/t20-/m1/s1. The van der Waals surface area contributed by atoms with Crippen molar-refractivity contribution < 1.29 is 14.7 Å². The molecule has 0 unspecified atom stereocenters. The van der Waals surface area contributed by atoms with Crippen molar-refractivity contribution in [3.8, 4) is 5.75 Å². The SMILES string of the molecule is CC(C)CCN1C[C@@]2(CCCN(C(=O)c3ccc(O)cn3)C2)CCC1=O. The van der Waals surface area contributed by atoms with Gasteiger partial charge in [-0.25, -0.2) is 4.98 Å². The molecule has 2 fully saturated rings. The van der Waals surface area contributed by atoms with Crippen LogP contribution in [0.3, 0.4) is 0 Å². The summed E-state index contributed by atoms with van der Waals surface area (Å²) in [6.07, 6.45) is 5.78. The van der Waals surface area contributed by atoms with Gasteiger partial charge in [0.1, 0.15) is 11.4 Å². The first-order valence-electron chi connectivity index (χ1n) is 9.61. The lowest BCUT2D eigenvalue weighted by Crippen LogP contribution is -2.55. The van der Waals surface area contributed by atoms with E-state index < -0.39 is 0 Å². The van der Waals surface area contributed by atoms with E-state index >= 15 is 0 Å². The number of nitrogens with zero attached hydrogens (tertiary/aromatic N) is 3. The van der Waals surface area contributed by atoms with Crippen LogP contribution in [0.1, 0.15) is 56.4 Å². The maximum absolute atomic E-state index is 12.8. The molecule has 3 rings (SSSR count). The number of amides is 2. The van der Waals surface area contributed by atoms with Crippen LogP contribution in [0.4, 0.5) is 0 Å². The van der Waals surface area contributed by atoms with Crippen LogP contribution in [0.15, 0.2) is 18.3 Å². The molecule has 2 saturated heterocycles. The van der Waals surface area contributed by atoms with E-state index in [1.807, 2.05) is 9.80 Å². The first-order chi connectivity index (χ1) is 12.4. The van der Waals surface area contributed by atoms with E-state index in [2.05, 4.69) is 18.8 Å². The van der Waals surface area contributed by atoms with Gasteiger partial charge in [0.05, 0.1) is 6.20 Å². The third kappa shape index (κ3) is 4.17. The molecule has 1 aromatic rings. The highest BCUT2D eigenvalue weighted by atomic mass is 16.3. The molecule has 2 aliphatic heterocycles. The zero-order valence-corrected chi connectivity index (χ0v) is 15.8. The Hall–Kier alpha value is -2.11. The summed E-state index contributed by atoms with van der Waals surface area (Å²) in [6.45, 7) is 7.33. The minimum atomic E-state index is -0.0882. The third-order valence-electron chi connectivity index (χ3n) is 5.64. The van der Waals surface area contributed by atoms with Gasteiger partial charge in [0, 0.05) is 38.0 Å². The van der Waals surface area contributed by atoms with Crippen LogP contribution in [0.25, 0.3) is 0 Å². The molecule has 26 heavy (non-hydrogen) atoms. The van der Waals surface area contributed by atoms with Gasteiger partial charge >= 0.3 is 0 Å². The number of pyridine rings is 1. The van der Waals surface area contributed by atoms with Crippen LogP contribution in [0, 0.1) is 11.3 Å². The number of carbonyl (C=O) groups excluding carboxylic acids is 2. The molecule has 1 atom stereocenters. The predicted octanol–water partition coefficient (Wildman–Crippen LogP) is 2.68. The molecule has 0 saturated carbocycles. The number of aromatic hydroxyl groups is 1. The Morgan fingerprint density at radius 3 is 2.81 bits per heavy atom. The van der Waals surface area contributed by atoms with Crippen LogP contribution in [-0.4, -0.2) is 57.9 Å². The molecule has 2 amide bonds. The summed E-state index contributed by atoms with van der Waals surface area (Å²) in [4.78, 5) is 33.1. The number of hydrogen-bond donors (Lipinski definition) is 1. The van der Waals surface area contributed by atoms with Crippen molar-refractivity contribution in [1.82, 2.24) is 14.8 Å². The Kier molecular flexibility index (Phi) is 5.49. The second-order valence-corrected chi connectivity index (χ2v) is 8.23. The minimum absolute atomic E-state index is 0.00964. The number of rotatable bonds is 4. The summed E-state index contributed by atoms with van der Waals surface area (Å²) >= 11 is 0. The molecule has 2 aliphatic rings. The summed E-state index contributed by atoms with van der Waals surface area (Å²) in [5.74, 6) is 0.795. The first kappa shape index (κ1) is 18.7. The lowest BCUT2D eigenvalue weighted by atomic mass is 9.73. The summed E-state index contributed by atoms with van der Waals surface area (Å²) in [7, 11) is 0. The highest BCUT2D eigenvalue weighted by Gasteiger charge is 2.42. The van der Waals surface area contributed by atoms with Crippen molar-refractivity contribution in [1.29, 1.82) is 0 Å². The quantitative estimate of drug-likeness (QED) is 0.897. The Balaban J connectivity index is 1.69. The molecule has 0 radical (unpaired) electrons. The van der Waals surface area contributed by atoms with Crippen LogP contribution in [0.5, 0.6) is 5.75 Å². The number of hydrogen-bond acceptors (Lipinski definition) is 4. The largest absolute Gasteiger partial charge is 0.506 e. The van der Waals surface area contributed by atoms with E-state index in [-0.39, 0.29) is 23.0 Å². The average molecular weight is 359 g/mol. The van der Waals surface area contributed by atoms with E-state index in [0.717, 1.165) is 45.3 Å². The fourth-order valence-corrected chi connectivity index (χ4v) is 4.11. The number of aromatic nitrogens is 1. The summed E-state index contributed by atoms with van der Waals surface area (Å²) < 4.78 is 0. The van der Waals surface area contributed by atoms with Gasteiger partial charge in [-0.05, 0) is 43.7 Å². The van der Waals surface area contributed by atoms with Gasteiger partial charge < -0.3 is 14.9 Å². The molecular formula is C20H29N3O3. The zero-order valence-electron chi connectivity index (χ0n) is 15.8. The molecule has 142 valence electrons. The first-order valence-corrected chi connectivity index (χ1v) is 9.61. The molecule has 1 spiro atoms. The molecule has 1 aromatic heterocycles. The van der Waals surface area contributed by atoms with Crippen molar-refractivity contribution in [3.05, 3.63) is 24.0 Å². The van der Waals surface area contributed by atoms with Crippen molar-refractivity contribution in [2.75, 3.05) is 26.2 Å². The van der Waals surface area contributed by atoms with Crippen LogP contribution < -0.4 is 0 Å². The molecule has 1 N–H and O–H groups in total. The molecule has 0 aromatic carbocycles. The van der Waals surface area contributed by atoms with Crippen LogP contribution >= 0.6 is 0 Å². The fraction of sp³-hybridized carbons (Fsp3) is 0.650. The van der Waals surface area contributed by atoms with Crippen molar-refractivity contribution in [2.24, 2.45) is 11.3 Å². The number of likely N-dealkylation sites (tertiary alicyclic amines) is 2. The second-order valence-electron chi connectivity index (χ2n) is 8.23. The Bertz CT molecular complexity index is 659. The van der Waals surface area contributed by atoms with Crippen molar-refractivity contribution in [3.63, 3.8) is 0 Å². The topological polar surface area (TPSA) is 73.7 Å². The Morgan fingerprint density at radius 2 is 2.12 bits per heavy atom. The maximum Gasteiger partial charge on any atom is 0.272 e. The van der Waals surface area contributed by atoms with Gasteiger partial charge in [0.25, 0.3) is 5.91 Å². The monoisotopic (exact) mass is 359 g/mol. The zero-order chi connectivity index (χ0) is 18.7. The van der Waals surface area contributed by atoms with Crippen LogP contribution in [-0.2, 0) is 4.79 Å². The second kappa shape index (κ2) is 7.64. The van der Waals surface area contributed by atoms with E-state index in [9.17, 15) is 14.7 Å². The third-order valence-corrected chi connectivity index (χ3v) is 5.64. The Labute approximate surface area is 155 Å². The smallest absolute Gasteiger partial charge is 0.272 e. The molecule has 6 heteroatoms. The average Bonchev–Trinajstić information content (AvgIpc) is 2.63. The van der Waals surface area contributed by atoms with E-state index in [1.54, 1.807) is 6.07 Å². The van der Waals surface area contributed by atoms with E-state index in [1.165, 1.54) is 12.3 Å². The minimum Gasteiger partial charge on any atom is -0.506 e. The van der Waals surface area contributed by atoms with Gasteiger partial charge in [-0.15, -0.1) is 0 Å². The summed E-state index contributed by atoms with van der Waals surface area (Å²) in [5, 5.41) is 9.37. The highest BCUT2D eigenvalue weighted by molar-refractivity contribution is 5.92. The van der Waals surface area contributed by atoms with Gasteiger partial charge in [-0.2, -0.15) is 0 Å². The fourth-order valence-electron chi connectivity index (χ4n) is 4.11. The summed E-state index contributed by atoms with van der Waals surface area (Å²) in [5.41, 5.74) is 0.374. The number of carbonyl (C=O) groups is 2. The highest BCUT2D eigenvalue weighted by Crippen LogP contribution is 2.39. The van der Waals surface area contributed by atoms with Gasteiger partial charge in [-0.3, -0.25) is 9.59 Å². The molecule has 3 heterocycles. The lowest BCUT2D eigenvalue weighted by molar-refractivity contribution is -0.139. The number of piperidine rings is 2. The molecular weight excluding hydrogens is 330 g/mol. The molecule has 6 nitrogen and oxygen atoms in total. The van der Waals surface area contributed by atoms with Crippen molar-refractivity contribution in [2.45, 2.75) is 46.0 Å². The predicted molar refractivity (Wildman–Crippen MR) is 98.7 cm³/mol. The normalized spacial score (nSPS) is 23.7. The van der Waals surface area contributed by atoms with Crippen LogP contribution in [0.2, 0.25) is 0 Å². The molecule has 0 bridgehead atoms. The maximum atomic E-state index is 12.8. The van der Waals surface area contributed by atoms with Crippen molar-refractivity contribution >= 4 is 11.8 Å². The molecule has 0 aliphatic carbocycles. The Morgan fingerprint density at radius 1 is 1.31 bits per heavy atom. The van der Waals surface area contributed by atoms with Gasteiger partial charge in [-0.1, -0.05) is 13.8 Å². The summed E-state index contributed by atoms with van der Waals surface area (Å²) in [6, 6.07) is 3.06.